The molecule has 0 unspecified atom stereocenters. The Bertz CT molecular complexity index is 567. The second-order valence-corrected chi connectivity index (χ2v) is 5.05. The summed E-state index contributed by atoms with van der Waals surface area (Å²) in [6.07, 6.45) is 1.46. The van der Waals surface area contributed by atoms with E-state index in [2.05, 4.69) is 26.2 Å². The number of carbonyl (C=O) groups is 1. The molecule has 0 fully saturated rings. The summed E-state index contributed by atoms with van der Waals surface area (Å²) < 4.78 is 0.662. The Morgan fingerprint density at radius 2 is 1.83 bits per heavy atom. The number of para-hydroxylation sites is 1. The Morgan fingerprint density at radius 1 is 1.17 bits per heavy atom. The van der Waals surface area contributed by atoms with Gasteiger partial charge in [-0.05, 0) is 40.2 Å². The molecule has 0 saturated carbocycles. The van der Waals surface area contributed by atoms with Gasteiger partial charge in [0, 0.05) is 6.20 Å². The first-order valence-corrected chi connectivity index (χ1v) is 6.50. The predicted octanol–water partition coefficient (Wildman–Crippen LogP) is 4.40. The van der Waals surface area contributed by atoms with E-state index in [0.717, 1.165) is 0 Å². The Morgan fingerprint density at radius 3 is 2.39 bits per heavy atom. The summed E-state index contributed by atoms with van der Waals surface area (Å²) in [4.78, 5) is 15.9. The van der Waals surface area contributed by atoms with E-state index >= 15 is 0 Å². The predicted molar refractivity (Wildman–Crippen MR) is 76.4 cm³/mol. The molecule has 0 bridgehead atoms. The minimum Gasteiger partial charge on any atom is -0.319 e. The van der Waals surface area contributed by atoms with E-state index in [4.69, 9.17) is 23.2 Å². The van der Waals surface area contributed by atoms with Crippen LogP contribution in [-0.2, 0) is 0 Å². The highest BCUT2D eigenvalue weighted by molar-refractivity contribution is 9.10. The largest absolute Gasteiger partial charge is 0.319 e. The third kappa shape index (κ3) is 3.02. The third-order valence-electron chi connectivity index (χ3n) is 2.19. The Labute approximate surface area is 122 Å². The molecule has 1 N–H and O–H groups in total. The van der Waals surface area contributed by atoms with Gasteiger partial charge < -0.3 is 5.32 Å². The topological polar surface area (TPSA) is 42.0 Å². The van der Waals surface area contributed by atoms with Crippen molar-refractivity contribution in [2.24, 2.45) is 0 Å². The first-order chi connectivity index (χ1) is 8.58. The van der Waals surface area contributed by atoms with Crippen LogP contribution in [0.1, 0.15) is 10.4 Å². The van der Waals surface area contributed by atoms with Gasteiger partial charge in [-0.25, -0.2) is 4.98 Å². The monoisotopic (exact) mass is 344 g/mol. The molecule has 1 amide bonds. The van der Waals surface area contributed by atoms with Crippen LogP contribution in [0.5, 0.6) is 0 Å². The summed E-state index contributed by atoms with van der Waals surface area (Å²) in [5, 5.41) is 3.44. The van der Waals surface area contributed by atoms with Gasteiger partial charge in [0.15, 0.2) is 0 Å². The summed E-state index contributed by atoms with van der Waals surface area (Å²) >= 11 is 15.1. The molecule has 2 rings (SSSR count). The van der Waals surface area contributed by atoms with Crippen LogP contribution >= 0.6 is 39.1 Å². The van der Waals surface area contributed by atoms with E-state index in [0.29, 0.717) is 25.9 Å². The Balaban J connectivity index is 2.24. The highest BCUT2D eigenvalue weighted by atomic mass is 79.9. The number of anilines is 1. The second-order valence-electron chi connectivity index (χ2n) is 3.42. The van der Waals surface area contributed by atoms with Gasteiger partial charge in [-0.1, -0.05) is 29.3 Å². The van der Waals surface area contributed by atoms with Crippen LogP contribution in [0.3, 0.4) is 0 Å². The molecule has 92 valence electrons. The van der Waals surface area contributed by atoms with Gasteiger partial charge in [-0.2, -0.15) is 0 Å². The standard InChI is InChI=1S/C12H7BrCl2N2O/c13-10-5-4-7(6-16-10)12(18)17-11-8(14)2-1-3-9(11)15/h1-6H,(H,17,18). The lowest BCUT2D eigenvalue weighted by atomic mass is 10.2. The molecule has 0 aliphatic carbocycles. The van der Waals surface area contributed by atoms with Crippen LogP contribution < -0.4 is 5.32 Å². The van der Waals surface area contributed by atoms with Crippen LogP contribution in [0.4, 0.5) is 5.69 Å². The molecule has 18 heavy (non-hydrogen) atoms. The molecule has 3 nitrogen and oxygen atoms in total. The summed E-state index contributed by atoms with van der Waals surface area (Å²) in [7, 11) is 0. The zero-order valence-electron chi connectivity index (χ0n) is 8.95. The highest BCUT2D eigenvalue weighted by Crippen LogP contribution is 2.30. The number of carbonyl (C=O) groups excluding carboxylic acids is 1. The Hall–Kier alpha value is -1.10. The van der Waals surface area contributed by atoms with Gasteiger partial charge in [0.2, 0.25) is 0 Å². The van der Waals surface area contributed by atoms with Crippen molar-refractivity contribution < 1.29 is 4.79 Å². The quantitative estimate of drug-likeness (QED) is 0.819. The zero-order chi connectivity index (χ0) is 13.1. The lowest BCUT2D eigenvalue weighted by Gasteiger charge is -2.08. The molecule has 0 atom stereocenters. The van der Waals surface area contributed by atoms with Gasteiger partial charge in [-0.15, -0.1) is 0 Å². The fourth-order valence-electron chi connectivity index (χ4n) is 1.31. The van der Waals surface area contributed by atoms with Crippen molar-refractivity contribution in [1.82, 2.24) is 4.98 Å². The molecule has 2 aromatic rings. The minimum atomic E-state index is -0.315. The molecule has 0 spiro atoms. The number of nitrogens with zero attached hydrogens (tertiary/aromatic N) is 1. The third-order valence-corrected chi connectivity index (χ3v) is 3.29. The van der Waals surface area contributed by atoms with Crippen LogP contribution in [0, 0.1) is 0 Å². The first-order valence-electron chi connectivity index (χ1n) is 4.95. The summed E-state index contributed by atoms with van der Waals surface area (Å²) in [6, 6.07) is 8.35. The molecule has 0 radical (unpaired) electrons. The van der Waals surface area contributed by atoms with E-state index in [9.17, 15) is 4.79 Å². The van der Waals surface area contributed by atoms with Crippen molar-refractivity contribution in [3.63, 3.8) is 0 Å². The smallest absolute Gasteiger partial charge is 0.257 e. The number of pyridine rings is 1. The number of halogens is 3. The molecule has 6 heteroatoms. The van der Waals surface area contributed by atoms with Gasteiger partial charge >= 0.3 is 0 Å². The normalized spacial score (nSPS) is 10.2. The lowest BCUT2D eigenvalue weighted by Crippen LogP contribution is -2.12. The zero-order valence-corrected chi connectivity index (χ0v) is 12.1. The van der Waals surface area contributed by atoms with Crippen molar-refractivity contribution in [1.29, 1.82) is 0 Å². The molecular formula is C12H7BrCl2N2O. The van der Waals surface area contributed by atoms with E-state index in [1.165, 1.54) is 6.20 Å². The van der Waals surface area contributed by atoms with Crippen molar-refractivity contribution in [2.75, 3.05) is 5.32 Å². The number of rotatable bonds is 2. The van der Waals surface area contributed by atoms with E-state index in [1.807, 2.05) is 0 Å². The number of amides is 1. The van der Waals surface area contributed by atoms with Crippen molar-refractivity contribution in [3.8, 4) is 0 Å². The lowest BCUT2D eigenvalue weighted by molar-refractivity contribution is 0.102. The van der Waals surface area contributed by atoms with Gasteiger partial charge in [0.25, 0.3) is 5.91 Å². The second kappa shape index (κ2) is 5.69. The first kappa shape index (κ1) is 13.3. The number of hydrogen-bond donors (Lipinski definition) is 1. The van der Waals surface area contributed by atoms with E-state index in [-0.39, 0.29) is 5.91 Å². The van der Waals surface area contributed by atoms with Crippen molar-refractivity contribution >= 4 is 50.7 Å². The molecule has 1 aromatic heterocycles. The number of aromatic nitrogens is 1. The summed E-state index contributed by atoms with van der Waals surface area (Å²) in [6.45, 7) is 0. The van der Waals surface area contributed by atoms with E-state index < -0.39 is 0 Å². The van der Waals surface area contributed by atoms with Crippen LogP contribution in [0.15, 0.2) is 41.1 Å². The molecule has 1 aromatic carbocycles. The molecule has 0 aliphatic rings. The minimum absolute atomic E-state index is 0.315. The number of hydrogen-bond acceptors (Lipinski definition) is 2. The summed E-state index contributed by atoms with van der Waals surface area (Å²) in [5.41, 5.74) is 0.822. The molecule has 1 heterocycles. The fourth-order valence-corrected chi connectivity index (χ4v) is 2.04. The maximum absolute atomic E-state index is 11.9. The van der Waals surface area contributed by atoms with Gasteiger partial charge in [0.05, 0.1) is 21.3 Å². The number of nitrogens with one attached hydrogen (secondary N) is 1. The fraction of sp³-hybridized carbons (Fsp3) is 0. The van der Waals surface area contributed by atoms with Crippen LogP contribution in [-0.4, -0.2) is 10.9 Å². The van der Waals surface area contributed by atoms with Crippen LogP contribution in [0.2, 0.25) is 10.0 Å². The average Bonchev–Trinajstić information content (AvgIpc) is 2.34. The Kier molecular flexibility index (Phi) is 4.22. The molecular weight excluding hydrogens is 339 g/mol. The number of benzene rings is 1. The molecule has 0 saturated heterocycles. The summed E-state index contributed by atoms with van der Waals surface area (Å²) in [5.74, 6) is -0.315. The maximum Gasteiger partial charge on any atom is 0.257 e. The van der Waals surface area contributed by atoms with Gasteiger partial charge in [-0.3, -0.25) is 4.79 Å². The van der Waals surface area contributed by atoms with E-state index in [1.54, 1.807) is 30.3 Å². The van der Waals surface area contributed by atoms with Crippen molar-refractivity contribution in [2.45, 2.75) is 0 Å². The average molecular weight is 346 g/mol. The van der Waals surface area contributed by atoms with Crippen LogP contribution in [0.25, 0.3) is 0 Å². The maximum atomic E-state index is 11.9. The van der Waals surface area contributed by atoms with Gasteiger partial charge in [0.1, 0.15) is 4.60 Å². The highest BCUT2D eigenvalue weighted by Gasteiger charge is 2.11. The molecule has 0 aliphatic heterocycles. The SMILES string of the molecule is O=C(Nc1c(Cl)cccc1Cl)c1ccc(Br)nc1. The van der Waals surface area contributed by atoms with Crippen molar-refractivity contribution in [3.05, 3.63) is 56.7 Å².